The molecule has 9 N–H and O–H groups in total. The van der Waals surface area contributed by atoms with Gasteiger partial charge >= 0.3 is 29.4 Å². The topological polar surface area (TPSA) is 341 Å². The Labute approximate surface area is 393 Å². The van der Waals surface area contributed by atoms with Crippen LogP contribution < -0.4 is 43.0 Å². The van der Waals surface area contributed by atoms with Crippen LogP contribution in [0.5, 0.6) is 12.0 Å². The van der Waals surface area contributed by atoms with E-state index in [9.17, 15) is 28.8 Å². The number of methoxy groups -OCH3 is 2. The van der Waals surface area contributed by atoms with Gasteiger partial charge in [-0.25, -0.2) is 9.59 Å². The van der Waals surface area contributed by atoms with Crippen molar-refractivity contribution >= 4 is 57.7 Å². The summed E-state index contributed by atoms with van der Waals surface area (Å²) >= 11 is 0. The number of nitrogens with zero attached hydrogens (tertiary/aromatic N) is 7. The Kier molecular flexibility index (Phi) is 18.1. The molecule has 25 heteroatoms. The van der Waals surface area contributed by atoms with Gasteiger partial charge in [0.2, 0.25) is 17.7 Å². The van der Waals surface area contributed by atoms with E-state index in [0.717, 1.165) is 22.3 Å². The van der Waals surface area contributed by atoms with Gasteiger partial charge in [-0.2, -0.15) is 19.9 Å². The number of hydrogen-bond acceptors (Lipinski definition) is 17. The number of carboxylic acids is 1. The van der Waals surface area contributed by atoms with E-state index in [1.54, 1.807) is 19.1 Å². The molecule has 1 aliphatic heterocycles. The first-order valence-electron chi connectivity index (χ1n) is 21.8. The number of hydrogen-bond donors (Lipinski definition) is 7. The summed E-state index contributed by atoms with van der Waals surface area (Å²) in [5.41, 5.74) is 15.9. The summed E-state index contributed by atoms with van der Waals surface area (Å²) in [5.74, 6) is -1.34. The van der Waals surface area contributed by atoms with Gasteiger partial charge in [0.1, 0.15) is 24.2 Å². The Morgan fingerprint density at radius 1 is 0.638 bits per heavy atom. The van der Waals surface area contributed by atoms with Crippen molar-refractivity contribution in [2.45, 2.75) is 51.9 Å². The van der Waals surface area contributed by atoms with Crippen molar-refractivity contribution in [1.29, 1.82) is 0 Å². The fourth-order valence-corrected chi connectivity index (χ4v) is 6.80. The maximum absolute atomic E-state index is 12.6. The molecule has 25 nitrogen and oxygen atoms in total. The van der Waals surface area contributed by atoms with Crippen LogP contribution in [0.2, 0.25) is 0 Å². The number of aromatic amines is 2. The van der Waals surface area contributed by atoms with E-state index in [-0.39, 0.29) is 111 Å². The summed E-state index contributed by atoms with van der Waals surface area (Å²) in [5, 5.41) is 14.1. The second-order valence-corrected chi connectivity index (χ2v) is 15.5. The summed E-state index contributed by atoms with van der Waals surface area (Å²) < 4.78 is 28.9. The van der Waals surface area contributed by atoms with Crippen molar-refractivity contribution in [2.24, 2.45) is 0 Å². The molecular formula is C44H55N13O12. The van der Waals surface area contributed by atoms with Gasteiger partial charge in [0, 0.05) is 59.7 Å². The lowest BCUT2D eigenvalue weighted by Crippen LogP contribution is -2.41. The molecule has 0 aliphatic carbocycles. The van der Waals surface area contributed by atoms with Crippen molar-refractivity contribution < 1.29 is 48.0 Å². The third-order valence-electron chi connectivity index (χ3n) is 10.5. The van der Waals surface area contributed by atoms with Crippen LogP contribution in [0.1, 0.15) is 47.9 Å². The number of anilines is 2. The molecule has 2 aromatic carbocycles. The maximum atomic E-state index is 12.6. The molecule has 0 unspecified atom stereocenters. The van der Waals surface area contributed by atoms with Crippen LogP contribution in [0, 0.1) is 0 Å². The third kappa shape index (κ3) is 14.5. The van der Waals surface area contributed by atoms with Crippen LogP contribution in [-0.4, -0.2) is 140 Å². The number of H-pyrrole nitrogens is 2. The summed E-state index contributed by atoms with van der Waals surface area (Å²) in [4.78, 5) is 95.4. The highest BCUT2D eigenvalue weighted by molar-refractivity contribution is 5.84. The minimum Gasteiger partial charge on any atom is -0.481 e. The molecule has 1 aliphatic rings. The highest BCUT2D eigenvalue weighted by atomic mass is 16.5. The second-order valence-electron chi connectivity index (χ2n) is 15.5. The van der Waals surface area contributed by atoms with Gasteiger partial charge in [0.25, 0.3) is 0 Å². The number of nitrogen functional groups attached to an aromatic ring is 2. The van der Waals surface area contributed by atoms with Gasteiger partial charge in [-0.05, 0) is 22.3 Å². The Morgan fingerprint density at radius 2 is 1.06 bits per heavy atom. The number of aromatic nitrogens is 8. The first-order valence-corrected chi connectivity index (χ1v) is 21.8. The predicted molar refractivity (Wildman–Crippen MR) is 248 cm³/mol. The number of imidazole rings is 2. The number of carbonyl (C=O) groups excluding carboxylic acids is 3. The number of rotatable bonds is 22. The van der Waals surface area contributed by atoms with E-state index in [0.29, 0.717) is 68.4 Å². The van der Waals surface area contributed by atoms with E-state index in [4.69, 9.17) is 40.3 Å². The van der Waals surface area contributed by atoms with Gasteiger partial charge in [-0.3, -0.25) is 28.3 Å². The number of aliphatic carboxylic acids is 1. The Hall–Kier alpha value is -7.90. The molecule has 368 valence electrons. The minimum atomic E-state index is -1.02. The van der Waals surface area contributed by atoms with Gasteiger partial charge in [0.05, 0.1) is 45.9 Å². The largest absolute Gasteiger partial charge is 0.481 e. The number of carboxylic acid groups (broad SMARTS) is 1. The number of carbonyl (C=O) groups is 4. The van der Waals surface area contributed by atoms with Crippen molar-refractivity contribution in [3.63, 3.8) is 0 Å². The number of nitrogens with one attached hydrogen (secondary N) is 4. The standard InChI is InChI=1S/C24H31N7O6.C20H24N6O6/c1-35-12-13-37-23-28-21(25)20-22(29-23)31(24(34)27-20)15-17-4-2-16(3-5-17)14-26-18(32)6-7-19(33)30-8-10-36-11-9-30;1-31-8-9-32-19-24-17(21)16-18(25-19)26(20(30)23-16)11-13-4-2-12(3-5-13)10-22-14(27)6-7-15(28)29/h2-5H,6-15H2,1H3,(H,26,32)(H,27,34)(H2,25,28,29);2-5H,6-11H2,1H3,(H,22,27)(H,23,30)(H,28,29)(H2,21,24,25). The average Bonchev–Trinajstić information content (AvgIpc) is 3.84. The van der Waals surface area contributed by atoms with Crippen LogP contribution in [0.15, 0.2) is 58.1 Å². The molecule has 5 heterocycles. The van der Waals surface area contributed by atoms with E-state index >= 15 is 0 Å². The van der Waals surface area contributed by atoms with Gasteiger partial charge in [0.15, 0.2) is 22.9 Å². The highest BCUT2D eigenvalue weighted by Gasteiger charge is 2.19. The summed E-state index contributed by atoms with van der Waals surface area (Å²) in [6, 6.07) is 14.9. The fraction of sp³-hybridized carbons (Fsp3) is 0.409. The third-order valence-corrected chi connectivity index (χ3v) is 10.5. The SMILES string of the molecule is COCCOc1nc(N)c2[nH]c(=O)n(Cc3ccc(CNC(=O)CCC(=O)N4CCOCC4)cc3)c2n1.COCCOc1nc(N)c2[nH]c(=O)n(Cc3ccc(CNC(=O)CCC(=O)O)cc3)c2n1. The Balaban J connectivity index is 0.000000229. The number of amides is 3. The Bertz CT molecular complexity index is 2820. The van der Waals surface area contributed by atoms with Crippen molar-refractivity contribution in [1.82, 2.24) is 54.6 Å². The predicted octanol–water partition coefficient (Wildman–Crippen LogP) is 0.287. The van der Waals surface area contributed by atoms with Gasteiger partial charge in [-0.15, -0.1) is 0 Å². The zero-order valence-corrected chi connectivity index (χ0v) is 38.2. The number of ether oxygens (including phenoxy) is 5. The second kappa shape index (κ2) is 24.7. The Morgan fingerprint density at radius 3 is 1.48 bits per heavy atom. The van der Waals surface area contributed by atoms with E-state index in [1.165, 1.54) is 9.13 Å². The molecule has 6 aromatic rings. The quantitative estimate of drug-likeness (QED) is 0.0450. The zero-order chi connectivity index (χ0) is 49.3. The minimum absolute atomic E-state index is 0.0315. The number of nitrogens with two attached hydrogens (primary N) is 2. The molecule has 0 saturated carbocycles. The average molecular weight is 958 g/mol. The molecule has 1 saturated heterocycles. The van der Waals surface area contributed by atoms with E-state index in [2.05, 4.69) is 40.5 Å². The van der Waals surface area contributed by atoms with Crippen LogP contribution in [0.3, 0.4) is 0 Å². The monoisotopic (exact) mass is 957 g/mol. The molecule has 69 heavy (non-hydrogen) atoms. The van der Waals surface area contributed by atoms with E-state index in [1.807, 2.05) is 48.5 Å². The molecule has 3 amide bonds. The molecule has 0 bridgehead atoms. The zero-order valence-electron chi connectivity index (χ0n) is 38.2. The van der Waals surface area contributed by atoms with Crippen LogP contribution in [-0.2, 0) is 59.6 Å². The van der Waals surface area contributed by atoms with Crippen molar-refractivity contribution in [3.05, 3.63) is 91.8 Å². The fourth-order valence-electron chi connectivity index (χ4n) is 6.80. The molecular weight excluding hydrogens is 903 g/mol. The lowest BCUT2D eigenvalue weighted by molar-refractivity contribution is -0.138. The molecule has 4 aromatic heterocycles. The smallest absolute Gasteiger partial charge is 0.328 e. The molecule has 0 atom stereocenters. The van der Waals surface area contributed by atoms with Crippen LogP contribution in [0.4, 0.5) is 11.6 Å². The van der Waals surface area contributed by atoms with Crippen molar-refractivity contribution in [3.8, 4) is 12.0 Å². The summed E-state index contributed by atoms with van der Waals surface area (Å²) in [7, 11) is 3.10. The lowest BCUT2D eigenvalue weighted by Gasteiger charge is -2.26. The lowest BCUT2D eigenvalue weighted by atomic mass is 10.1. The molecule has 1 fully saturated rings. The van der Waals surface area contributed by atoms with E-state index < -0.39 is 5.97 Å². The normalized spacial score (nSPS) is 12.3. The van der Waals surface area contributed by atoms with Crippen LogP contribution in [0.25, 0.3) is 22.3 Å². The number of fused-ring (bicyclic) bond motifs is 2. The maximum Gasteiger partial charge on any atom is 0.328 e. The summed E-state index contributed by atoms with van der Waals surface area (Å²) in [6.07, 6.45) is 0.0354. The van der Waals surface area contributed by atoms with Gasteiger partial charge < -0.3 is 65.8 Å². The molecule has 0 spiro atoms. The number of morpholine rings is 1. The van der Waals surface area contributed by atoms with Crippen molar-refractivity contribution in [2.75, 3.05) is 78.4 Å². The molecule has 7 rings (SSSR count). The molecule has 0 radical (unpaired) electrons. The summed E-state index contributed by atoms with van der Waals surface area (Å²) in [6.45, 7) is 4.52. The van der Waals surface area contributed by atoms with Gasteiger partial charge in [-0.1, -0.05) is 48.5 Å². The van der Waals surface area contributed by atoms with Crippen LogP contribution >= 0.6 is 0 Å². The number of benzene rings is 2. The first-order chi connectivity index (χ1) is 33.3. The first kappa shape index (κ1) is 50.5. The highest BCUT2D eigenvalue weighted by Crippen LogP contribution is 2.20.